The van der Waals surface area contributed by atoms with Crippen LogP contribution in [0.1, 0.15) is 11.7 Å². The molecule has 1 aromatic rings. The van der Waals surface area contributed by atoms with Crippen molar-refractivity contribution in [2.75, 3.05) is 5.33 Å². The molecule has 0 aromatic heterocycles. The first-order chi connectivity index (χ1) is 7.88. The number of aliphatic hydroxyl groups excluding tert-OH is 2. The van der Waals surface area contributed by atoms with Crippen LogP contribution in [0.3, 0.4) is 0 Å². The number of nitrogens with zero attached hydrogens (tertiary/aromatic N) is 1. The topological polar surface area (TPSA) is 83.6 Å². The Kier molecular flexibility index (Phi) is 4.49. The fraction of sp³-hybridized carbons (Fsp3) is 0.333. The third-order valence-corrected chi connectivity index (χ3v) is 2.74. The third-order valence-electron chi connectivity index (χ3n) is 2.08. The van der Waals surface area contributed by atoms with Gasteiger partial charge in [-0.1, -0.05) is 15.9 Å². The van der Waals surface area contributed by atoms with Crippen LogP contribution in [0.15, 0.2) is 12.1 Å². The molecule has 5 nitrogen and oxygen atoms in total. The molecule has 0 spiro atoms. The summed E-state index contributed by atoms with van der Waals surface area (Å²) in [5, 5.41) is 29.4. The maximum absolute atomic E-state index is 13.2. The molecule has 0 radical (unpaired) electrons. The van der Waals surface area contributed by atoms with Gasteiger partial charge >= 0.3 is 5.69 Å². The van der Waals surface area contributed by atoms with Gasteiger partial charge in [-0.05, 0) is 6.07 Å². The number of nitro groups is 1. The lowest BCUT2D eigenvalue weighted by atomic mass is 10.0. The summed E-state index contributed by atoms with van der Waals surface area (Å²) in [6.07, 6.45) is -3.16. The Labute approximate surface area is 103 Å². The zero-order chi connectivity index (χ0) is 13.2. The zero-order valence-electron chi connectivity index (χ0n) is 8.31. The largest absolute Gasteiger partial charge is 0.389 e. The van der Waals surface area contributed by atoms with Gasteiger partial charge in [0.05, 0.1) is 16.6 Å². The Bertz CT molecular complexity index is 443. The van der Waals surface area contributed by atoms with Crippen molar-refractivity contribution in [1.82, 2.24) is 0 Å². The van der Waals surface area contributed by atoms with E-state index < -0.39 is 40.0 Å². The second-order valence-corrected chi connectivity index (χ2v) is 3.90. The van der Waals surface area contributed by atoms with Gasteiger partial charge in [-0.2, -0.15) is 4.39 Å². The van der Waals surface area contributed by atoms with E-state index in [0.29, 0.717) is 12.1 Å². The van der Waals surface area contributed by atoms with E-state index in [-0.39, 0.29) is 5.33 Å². The van der Waals surface area contributed by atoms with Crippen molar-refractivity contribution in [3.8, 4) is 0 Å². The SMILES string of the molecule is O=[N+]([O-])c1c(F)cc(F)cc1C(O)C(O)CBr. The van der Waals surface area contributed by atoms with Gasteiger partial charge in [0.15, 0.2) is 0 Å². The van der Waals surface area contributed by atoms with Crippen molar-refractivity contribution in [2.45, 2.75) is 12.2 Å². The average Bonchev–Trinajstić information content (AvgIpc) is 2.25. The number of nitro benzene ring substituents is 1. The van der Waals surface area contributed by atoms with Crippen LogP contribution in [0.2, 0.25) is 0 Å². The van der Waals surface area contributed by atoms with Gasteiger partial charge in [0.2, 0.25) is 5.82 Å². The van der Waals surface area contributed by atoms with Gasteiger partial charge in [0.1, 0.15) is 11.9 Å². The molecule has 0 aliphatic rings. The minimum atomic E-state index is -1.75. The Balaban J connectivity index is 3.35. The molecule has 0 bridgehead atoms. The van der Waals surface area contributed by atoms with E-state index in [9.17, 15) is 29.1 Å². The summed E-state index contributed by atoms with van der Waals surface area (Å²) < 4.78 is 26.1. The molecule has 0 saturated carbocycles. The molecule has 8 heteroatoms. The molecule has 0 fully saturated rings. The van der Waals surface area contributed by atoms with E-state index in [1.54, 1.807) is 0 Å². The van der Waals surface area contributed by atoms with Crippen molar-refractivity contribution < 1.29 is 23.9 Å². The predicted molar refractivity (Wildman–Crippen MR) is 57.8 cm³/mol. The maximum atomic E-state index is 13.2. The highest BCUT2D eigenvalue weighted by molar-refractivity contribution is 9.09. The molecular weight excluding hydrogens is 304 g/mol. The standard InChI is InChI=1S/C9H8BrF2NO4/c10-3-7(14)9(15)5-1-4(11)2-6(12)8(5)13(16)17/h1-2,7,9,14-15H,3H2. The van der Waals surface area contributed by atoms with Crippen molar-refractivity contribution in [2.24, 2.45) is 0 Å². The van der Waals surface area contributed by atoms with Crippen LogP contribution in [0, 0.1) is 21.7 Å². The molecule has 2 atom stereocenters. The Morgan fingerprint density at radius 3 is 2.47 bits per heavy atom. The summed E-state index contributed by atoms with van der Waals surface area (Å²) in [4.78, 5) is 9.53. The number of rotatable bonds is 4. The summed E-state index contributed by atoms with van der Waals surface area (Å²) in [6.45, 7) is 0. The first-order valence-corrected chi connectivity index (χ1v) is 5.56. The molecule has 1 rings (SSSR count). The fourth-order valence-electron chi connectivity index (χ4n) is 1.30. The van der Waals surface area contributed by atoms with Gasteiger partial charge in [0.25, 0.3) is 0 Å². The number of aliphatic hydroxyl groups is 2. The van der Waals surface area contributed by atoms with Crippen LogP contribution >= 0.6 is 15.9 Å². The van der Waals surface area contributed by atoms with Crippen LogP contribution in [-0.4, -0.2) is 26.6 Å². The molecule has 0 saturated heterocycles. The molecular formula is C9H8BrF2NO4. The first kappa shape index (κ1) is 13.9. The number of hydrogen-bond donors (Lipinski definition) is 2. The van der Waals surface area contributed by atoms with E-state index in [1.807, 2.05) is 0 Å². The number of alkyl halides is 1. The highest BCUT2D eigenvalue weighted by Crippen LogP contribution is 2.31. The summed E-state index contributed by atoms with van der Waals surface area (Å²) in [6, 6.07) is 0.965. The van der Waals surface area contributed by atoms with Crippen LogP contribution in [0.5, 0.6) is 0 Å². The monoisotopic (exact) mass is 311 g/mol. The van der Waals surface area contributed by atoms with Crippen LogP contribution < -0.4 is 0 Å². The van der Waals surface area contributed by atoms with Crippen LogP contribution in [-0.2, 0) is 0 Å². The smallest absolute Gasteiger partial charge is 0.310 e. The van der Waals surface area contributed by atoms with Crippen molar-refractivity contribution >= 4 is 21.6 Å². The molecule has 17 heavy (non-hydrogen) atoms. The summed E-state index contributed by atoms with van der Waals surface area (Å²) in [5.74, 6) is -2.46. The Morgan fingerprint density at radius 2 is 2.00 bits per heavy atom. The molecule has 0 heterocycles. The Morgan fingerprint density at radius 1 is 1.41 bits per heavy atom. The highest BCUT2D eigenvalue weighted by atomic mass is 79.9. The van der Waals surface area contributed by atoms with Gasteiger partial charge < -0.3 is 10.2 Å². The van der Waals surface area contributed by atoms with E-state index in [0.717, 1.165) is 0 Å². The normalized spacial score (nSPS) is 14.4. The van der Waals surface area contributed by atoms with Crippen molar-refractivity contribution in [3.05, 3.63) is 39.4 Å². The lowest BCUT2D eigenvalue weighted by Crippen LogP contribution is -2.21. The van der Waals surface area contributed by atoms with Gasteiger partial charge in [-0.3, -0.25) is 10.1 Å². The minimum Gasteiger partial charge on any atom is -0.389 e. The highest BCUT2D eigenvalue weighted by Gasteiger charge is 2.30. The van der Waals surface area contributed by atoms with E-state index >= 15 is 0 Å². The second kappa shape index (κ2) is 5.48. The van der Waals surface area contributed by atoms with Gasteiger partial charge in [-0.15, -0.1) is 0 Å². The third kappa shape index (κ3) is 2.96. The molecule has 0 amide bonds. The lowest BCUT2D eigenvalue weighted by molar-refractivity contribution is -0.389. The minimum absolute atomic E-state index is 0.0938. The molecule has 0 aliphatic carbocycles. The number of hydrogen-bond acceptors (Lipinski definition) is 4. The average molecular weight is 312 g/mol. The number of benzene rings is 1. The molecule has 2 N–H and O–H groups in total. The maximum Gasteiger partial charge on any atom is 0.310 e. The predicted octanol–water partition coefficient (Wildman–Crippen LogP) is 1.66. The van der Waals surface area contributed by atoms with Crippen molar-refractivity contribution in [3.63, 3.8) is 0 Å². The summed E-state index contributed by atoms with van der Waals surface area (Å²) in [5.41, 5.74) is -1.64. The molecule has 1 aromatic carbocycles. The fourth-order valence-corrected chi connectivity index (χ4v) is 1.65. The van der Waals surface area contributed by atoms with Crippen molar-refractivity contribution in [1.29, 1.82) is 0 Å². The van der Waals surface area contributed by atoms with E-state index in [1.165, 1.54) is 0 Å². The quantitative estimate of drug-likeness (QED) is 0.503. The molecule has 94 valence electrons. The lowest BCUT2D eigenvalue weighted by Gasteiger charge is -2.16. The van der Waals surface area contributed by atoms with Gasteiger partial charge in [0, 0.05) is 11.4 Å². The Hall–Kier alpha value is -1.12. The van der Waals surface area contributed by atoms with Gasteiger partial charge in [-0.25, -0.2) is 4.39 Å². The summed E-state index contributed by atoms with van der Waals surface area (Å²) in [7, 11) is 0. The van der Waals surface area contributed by atoms with E-state index in [4.69, 9.17) is 0 Å². The second-order valence-electron chi connectivity index (χ2n) is 3.25. The number of halogens is 3. The molecule has 2 unspecified atom stereocenters. The first-order valence-electron chi connectivity index (χ1n) is 4.44. The summed E-state index contributed by atoms with van der Waals surface area (Å²) >= 11 is 2.84. The molecule has 0 aliphatic heterocycles. The van der Waals surface area contributed by atoms with Crippen LogP contribution in [0.4, 0.5) is 14.5 Å². The zero-order valence-corrected chi connectivity index (χ0v) is 9.89. The van der Waals surface area contributed by atoms with E-state index in [2.05, 4.69) is 15.9 Å². The van der Waals surface area contributed by atoms with Crippen LogP contribution in [0.25, 0.3) is 0 Å².